The van der Waals surface area contributed by atoms with Gasteiger partial charge in [-0.25, -0.2) is 9.78 Å². The van der Waals surface area contributed by atoms with E-state index in [1.54, 1.807) is 50.2 Å². The molecule has 0 bridgehead atoms. The number of para-hydroxylation sites is 1. The quantitative estimate of drug-likeness (QED) is 0.279. The van der Waals surface area contributed by atoms with Gasteiger partial charge in [0.2, 0.25) is 0 Å². The molecular weight excluding hydrogens is 454 g/mol. The molecule has 1 aromatic heterocycles. The van der Waals surface area contributed by atoms with Crippen LogP contribution < -0.4 is 10.3 Å². The van der Waals surface area contributed by atoms with E-state index in [0.717, 1.165) is 5.56 Å². The lowest BCUT2D eigenvalue weighted by Gasteiger charge is -2.15. The van der Waals surface area contributed by atoms with Crippen LogP contribution in [-0.2, 0) is 9.53 Å². The third kappa shape index (κ3) is 5.00. The molecule has 0 amide bonds. The summed E-state index contributed by atoms with van der Waals surface area (Å²) >= 11 is 6.19. The molecule has 0 saturated heterocycles. The summed E-state index contributed by atoms with van der Waals surface area (Å²) in [6.45, 7) is 3.57. The van der Waals surface area contributed by atoms with Gasteiger partial charge in [-0.3, -0.25) is 4.79 Å². The zero-order chi connectivity index (χ0) is 24.1. The molecule has 0 unspecified atom stereocenters. The molecule has 0 spiro atoms. The van der Waals surface area contributed by atoms with Gasteiger partial charge in [-0.2, -0.15) is 9.78 Å². The molecule has 0 aliphatic rings. The second kappa shape index (κ2) is 10.3. The maximum absolute atomic E-state index is 13.3. The molecule has 0 aliphatic heterocycles. The van der Waals surface area contributed by atoms with Gasteiger partial charge in [0, 0.05) is 16.1 Å². The van der Waals surface area contributed by atoms with Gasteiger partial charge >= 0.3 is 5.97 Å². The summed E-state index contributed by atoms with van der Waals surface area (Å²) in [7, 11) is 0. The number of carbonyl (C=O) groups excluding carboxylic acids is 1. The van der Waals surface area contributed by atoms with Crippen molar-refractivity contribution in [3.63, 3.8) is 0 Å². The highest BCUT2D eigenvalue weighted by molar-refractivity contribution is 6.30. The Kier molecular flexibility index (Phi) is 7.04. The zero-order valence-corrected chi connectivity index (χ0v) is 19.4. The fraction of sp³-hybridized carbons (Fsp3) is 0.154. The van der Waals surface area contributed by atoms with Crippen molar-refractivity contribution >= 4 is 34.7 Å². The van der Waals surface area contributed by atoms with Gasteiger partial charge in [0.25, 0.3) is 5.56 Å². The number of fused-ring (bicyclic) bond motifs is 1. The van der Waals surface area contributed by atoms with Crippen LogP contribution in [0, 0.1) is 0 Å². The minimum Gasteiger partial charge on any atom is -0.478 e. The monoisotopic (exact) mass is 475 g/mol. The van der Waals surface area contributed by atoms with Crippen molar-refractivity contribution in [2.24, 2.45) is 5.10 Å². The van der Waals surface area contributed by atoms with Gasteiger partial charge in [0.15, 0.2) is 11.9 Å². The Bertz CT molecular complexity index is 1420. The molecule has 0 fully saturated rings. The first-order valence-electron chi connectivity index (χ1n) is 10.7. The summed E-state index contributed by atoms with van der Waals surface area (Å²) in [5.41, 5.74) is 1.49. The van der Waals surface area contributed by atoms with E-state index >= 15 is 0 Å². The predicted octanol–water partition coefficient (Wildman–Crippen LogP) is 4.93. The average Bonchev–Trinajstić information content (AvgIpc) is 2.85. The van der Waals surface area contributed by atoms with Gasteiger partial charge < -0.3 is 9.47 Å². The van der Waals surface area contributed by atoms with Gasteiger partial charge in [-0.1, -0.05) is 54.1 Å². The Morgan fingerprint density at radius 2 is 1.85 bits per heavy atom. The largest absolute Gasteiger partial charge is 0.478 e. The fourth-order valence-corrected chi connectivity index (χ4v) is 3.53. The lowest BCUT2D eigenvalue weighted by atomic mass is 10.2. The minimum atomic E-state index is -0.835. The van der Waals surface area contributed by atoms with E-state index in [1.165, 1.54) is 10.9 Å². The average molecular weight is 476 g/mol. The number of ether oxygens (including phenoxy) is 2. The number of aromatic nitrogens is 2. The Morgan fingerprint density at radius 3 is 2.62 bits per heavy atom. The van der Waals surface area contributed by atoms with Crippen LogP contribution in [0.25, 0.3) is 22.3 Å². The third-order valence-electron chi connectivity index (χ3n) is 4.99. The maximum atomic E-state index is 13.3. The van der Waals surface area contributed by atoms with Crippen LogP contribution in [0.15, 0.2) is 82.7 Å². The number of hydrogen-bond donors (Lipinski definition) is 0. The van der Waals surface area contributed by atoms with Crippen LogP contribution >= 0.6 is 11.6 Å². The Hall–Kier alpha value is -3.97. The summed E-state index contributed by atoms with van der Waals surface area (Å²) < 4.78 is 12.1. The topological polar surface area (TPSA) is 82.8 Å². The molecule has 1 atom stereocenters. The van der Waals surface area contributed by atoms with Gasteiger partial charge in [-0.05, 0) is 44.2 Å². The smallest absolute Gasteiger partial charge is 0.347 e. The van der Waals surface area contributed by atoms with Crippen molar-refractivity contribution in [2.45, 2.75) is 20.0 Å². The van der Waals surface area contributed by atoms with Crippen molar-refractivity contribution in [3.8, 4) is 17.1 Å². The van der Waals surface area contributed by atoms with Crippen molar-refractivity contribution in [3.05, 3.63) is 93.7 Å². The molecule has 8 heteroatoms. The SMILES string of the molecule is CCOC(=O)[C@H](C)Oc1ccc(Cl)cc1C=Nn1c(-c2ccccc2)nc2ccccc2c1=O. The van der Waals surface area contributed by atoms with Gasteiger partial charge in [-0.15, -0.1) is 0 Å². The second-order valence-corrected chi connectivity index (χ2v) is 7.81. The Balaban J connectivity index is 1.80. The van der Waals surface area contributed by atoms with E-state index in [-0.39, 0.29) is 12.2 Å². The molecule has 7 nitrogen and oxygen atoms in total. The molecule has 0 aliphatic carbocycles. The van der Waals surface area contributed by atoms with Gasteiger partial charge in [0.05, 0.1) is 23.7 Å². The van der Waals surface area contributed by atoms with Crippen molar-refractivity contribution < 1.29 is 14.3 Å². The maximum Gasteiger partial charge on any atom is 0.347 e. The Labute approximate surface area is 201 Å². The third-order valence-corrected chi connectivity index (χ3v) is 5.23. The number of benzene rings is 3. The van der Waals surface area contributed by atoms with Crippen LogP contribution in [0.2, 0.25) is 5.02 Å². The standard InChI is InChI=1S/C26H22ClN3O4/c1-3-33-26(32)17(2)34-23-14-13-20(27)15-19(23)16-28-30-24(18-9-5-4-6-10-18)29-22-12-8-7-11-21(22)25(30)31/h4-17H,3H2,1-2H3/t17-/m0/s1. The van der Waals surface area contributed by atoms with Crippen LogP contribution in [-0.4, -0.2) is 34.6 Å². The molecule has 3 aromatic carbocycles. The number of nitrogens with zero attached hydrogens (tertiary/aromatic N) is 3. The molecule has 0 radical (unpaired) electrons. The highest BCUT2D eigenvalue weighted by Crippen LogP contribution is 2.24. The normalized spacial score (nSPS) is 12.1. The van der Waals surface area contributed by atoms with E-state index in [2.05, 4.69) is 10.1 Å². The van der Waals surface area contributed by atoms with E-state index in [0.29, 0.717) is 33.1 Å². The van der Waals surface area contributed by atoms with Crippen LogP contribution in [0.1, 0.15) is 19.4 Å². The minimum absolute atomic E-state index is 0.252. The first kappa shape index (κ1) is 23.2. The summed E-state index contributed by atoms with van der Waals surface area (Å²) in [4.78, 5) is 30.0. The van der Waals surface area contributed by atoms with Crippen molar-refractivity contribution in [1.82, 2.24) is 9.66 Å². The van der Waals surface area contributed by atoms with Crippen LogP contribution in [0.5, 0.6) is 5.75 Å². The fourth-order valence-electron chi connectivity index (χ4n) is 3.35. The predicted molar refractivity (Wildman–Crippen MR) is 133 cm³/mol. The number of esters is 1. The summed E-state index contributed by atoms with van der Waals surface area (Å²) in [5.74, 6) is 0.281. The van der Waals surface area contributed by atoms with E-state index in [4.69, 9.17) is 21.1 Å². The molecule has 4 rings (SSSR count). The molecule has 172 valence electrons. The second-order valence-electron chi connectivity index (χ2n) is 7.37. The summed E-state index contributed by atoms with van der Waals surface area (Å²) in [6, 6.07) is 21.4. The Morgan fingerprint density at radius 1 is 1.12 bits per heavy atom. The van der Waals surface area contributed by atoms with Crippen molar-refractivity contribution in [1.29, 1.82) is 0 Å². The lowest BCUT2D eigenvalue weighted by Crippen LogP contribution is -2.26. The van der Waals surface area contributed by atoms with Crippen molar-refractivity contribution in [2.75, 3.05) is 6.61 Å². The van der Waals surface area contributed by atoms with E-state index in [1.807, 2.05) is 36.4 Å². The number of rotatable bonds is 7. The van der Waals surface area contributed by atoms with Crippen LogP contribution in [0.4, 0.5) is 0 Å². The lowest BCUT2D eigenvalue weighted by molar-refractivity contribution is -0.150. The molecule has 4 aromatic rings. The van der Waals surface area contributed by atoms with E-state index < -0.39 is 12.1 Å². The first-order valence-corrected chi connectivity index (χ1v) is 11.1. The molecule has 1 heterocycles. The molecule has 34 heavy (non-hydrogen) atoms. The summed E-state index contributed by atoms with van der Waals surface area (Å²) in [5, 5.41) is 5.35. The van der Waals surface area contributed by atoms with Gasteiger partial charge in [0.1, 0.15) is 5.75 Å². The van der Waals surface area contributed by atoms with Crippen LogP contribution in [0.3, 0.4) is 0 Å². The number of hydrogen-bond acceptors (Lipinski definition) is 6. The summed E-state index contributed by atoms with van der Waals surface area (Å²) in [6.07, 6.45) is 0.627. The number of halogens is 1. The molecule has 0 saturated carbocycles. The first-order chi connectivity index (χ1) is 16.5. The molecular formula is C26H22ClN3O4. The highest BCUT2D eigenvalue weighted by atomic mass is 35.5. The highest BCUT2D eigenvalue weighted by Gasteiger charge is 2.18. The van der Waals surface area contributed by atoms with E-state index in [9.17, 15) is 9.59 Å². The molecule has 0 N–H and O–H groups in total. The number of carbonyl (C=O) groups is 1. The zero-order valence-electron chi connectivity index (χ0n) is 18.6.